The van der Waals surface area contributed by atoms with Crippen LogP contribution < -0.4 is 4.74 Å². The number of halogens is 1. The van der Waals surface area contributed by atoms with Crippen molar-refractivity contribution in [2.45, 2.75) is 83.8 Å². The lowest BCUT2D eigenvalue weighted by Crippen LogP contribution is -2.50. The molecule has 0 bridgehead atoms. The van der Waals surface area contributed by atoms with Crippen LogP contribution in [0.25, 0.3) is 0 Å². The molecule has 1 fully saturated rings. The Hall–Kier alpha value is -2.20. The minimum absolute atomic E-state index is 0.0259. The van der Waals surface area contributed by atoms with Gasteiger partial charge in [0, 0.05) is 19.0 Å². The summed E-state index contributed by atoms with van der Waals surface area (Å²) in [5, 5.41) is 11.1. The van der Waals surface area contributed by atoms with Gasteiger partial charge in [-0.2, -0.15) is 0 Å². The summed E-state index contributed by atoms with van der Waals surface area (Å²) in [5.74, 6) is -0.713. The van der Waals surface area contributed by atoms with Gasteiger partial charge in [-0.15, -0.1) is 0 Å². The summed E-state index contributed by atoms with van der Waals surface area (Å²) in [5.41, 5.74) is -1.06. The van der Waals surface area contributed by atoms with E-state index in [1.807, 2.05) is 0 Å². The summed E-state index contributed by atoms with van der Waals surface area (Å²) in [6, 6.07) is 2.66. The third kappa shape index (κ3) is 6.65. The number of rotatable bonds is 6. The maximum Gasteiger partial charge on any atom is 0.410 e. The lowest BCUT2D eigenvalue weighted by atomic mass is 10.1. The second-order valence-electron chi connectivity index (χ2n) is 10.7. The maximum atomic E-state index is 13.9. The second-order valence-corrected chi connectivity index (χ2v) is 15.5. The molecular weight excluding hydrogens is 435 g/mol. The van der Waals surface area contributed by atoms with Gasteiger partial charge in [0.15, 0.2) is 8.32 Å². The molecule has 0 aliphatic carbocycles. The van der Waals surface area contributed by atoms with Gasteiger partial charge >= 0.3 is 6.09 Å². The zero-order valence-electron chi connectivity index (χ0n) is 20.2. The molecule has 180 valence electrons. The molecular formula is C22H35FN2O6Si. The van der Waals surface area contributed by atoms with Crippen LogP contribution in [0.1, 0.15) is 48.0 Å². The Labute approximate surface area is 190 Å². The molecule has 10 heteroatoms. The first-order valence-electron chi connectivity index (χ1n) is 10.8. The highest BCUT2D eigenvalue weighted by atomic mass is 28.4. The van der Waals surface area contributed by atoms with E-state index >= 15 is 0 Å². The zero-order valence-corrected chi connectivity index (χ0v) is 21.2. The van der Waals surface area contributed by atoms with Crippen LogP contribution in [-0.2, 0) is 9.16 Å². The Morgan fingerprint density at radius 3 is 2.38 bits per heavy atom. The van der Waals surface area contributed by atoms with Crippen molar-refractivity contribution < 1.29 is 28.0 Å². The van der Waals surface area contributed by atoms with Crippen molar-refractivity contribution in [2.24, 2.45) is 0 Å². The Balaban J connectivity index is 2.28. The fourth-order valence-corrected chi connectivity index (χ4v) is 4.13. The number of nitrogens with zero attached hydrogens (tertiary/aromatic N) is 2. The standard InChI is InChI=1S/C22H35FN2O6Si/c1-21(2,3)31-20(26)24-10-9-19(18(24)14-29-32(7,8)22(4,5)6)30-17-12-15(23)11-16(13-17)25(27)28/h11-13,18-19H,9-10,14H2,1-8H3/t18-,19+/m1/s1. The van der Waals surface area contributed by atoms with Gasteiger partial charge in [0.2, 0.25) is 0 Å². The van der Waals surface area contributed by atoms with Crippen LogP contribution in [0, 0.1) is 15.9 Å². The van der Waals surface area contributed by atoms with Gasteiger partial charge in [-0.25, -0.2) is 9.18 Å². The molecule has 0 N–H and O–H groups in total. The van der Waals surface area contributed by atoms with Crippen LogP contribution in [0.5, 0.6) is 5.75 Å². The summed E-state index contributed by atoms with van der Waals surface area (Å²) in [6.07, 6.45) is -0.527. The Morgan fingerprint density at radius 1 is 1.22 bits per heavy atom. The molecule has 0 unspecified atom stereocenters. The van der Waals surface area contributed by atoms with Crippen molar-refractivity contribution in [2.75, 3.05) is 13.2 Å². The Morgan fingerprint density at radius 2 is 1.84 bits per heavy atom. The third-order valence-corrected chi connectivity index (χ3v) is 10.4. The number of hydrogen-bond donors (Lipinski definition) is 0. The molecule has 1 saturated heterocycles. The fourth-order valence-electron chi connectivity index (χ4n) is 3.11. The summed E-state index contributed by atoms with van der Waals surface area (Å²) in [7, 11) is -2.12. The maximum absolute atomic E-state index is 13.9. The van der Waals surface area contributed by atoms with Crippen molar-refractivity contribution in [1.82, 2.24) is 4.90 Å². The molecule has 0 saturated carbocycles. The van der Waals surface area contributed by atoms with Gasteiger partial charge in [0.25, 0.3) is 5.69 Å². The smallest absolute Gasteiger partial charge is 0.410 e. The quantitative estimate of drug-likeness (QED) is 0.309. The minimum Gasteiger partial charge on any atom is -0.488 e. The molecule has 2 atom stereocenters. The van der Waals surface area contributed by atoms with Crippen molar-refractivity contribution in [3.63, 3.8) is 0 Å². The van der Waals surface area contributed by atoms with Gasteiger partial charge in [0.05, 0.1) is 29.7 Å². The molecule has 1 amide bonds. The van der Waals surface area contributed by atoms with Crippen LogP contribution in [0.2, 0.25) is 18.1 Å². The predicted molar refractivity (Wildman–Crippen MR) is 122 cm³/mol. The van der Waals surface area contributed by atoms with Crippen LogP contribution in [0.15, 0.2) is 18.2 Å². The highest BCUT2D eigenvalue weighted by Crippen LogP contribution is 2.37. The predicted octanol–water partition coefficient (Wildman–Crippen LogP) is 5.51. The number of amides is 1. The number of hydrogen-bond acceptors (Lipinski definition) is 6. The highest BCUT2D eigenvalue weighted by Gasteiger charge is 2.44. The number of nitro groups is 1. The molecule has 2 rings (SSSR count). The van der Waals surface area contributed by atoms with E-state index in [1.165, 1.54) is 6.07 Å². The van der Waals surface area contributed by atoms with E-state index in [0.717, 1.165) is 12.1 Å². The first kappa shape index (κ1) is 26.1. The highest BCUT2D eigenvalue weighted by molar-refractivity contribution is 6.74. The topological polar surface area (TPSA) is 91.1 Å². The molecule has 32 heavy (non-hydrogen) atoms. The number of nitro benzene ring substituents is 1. The zero-order chi connectivity index (χ0) is 24.5. The Kier molecular flexibility index (Phi) is 7.61. The molecule has 1 aliphatic rings. The van der Waals surface area contributed by atoms with E-state index in [9.17, 15) is 19.3 Å². The average Bonchev–Trinajstić information content (AvgIpc) is 2.99. The van der Waals surface area contributed by atoms with Crippen molar-refractivity contribution in [3.05, 3.63) is 34.1 Å². The summed E-state index contributed by atoms with van der Waals surface area (Å²) < 4.78 is 31.8. The van der Waals surface area contributed by atoms with E-state index in [0.29, 0.717) is 13.0 Å². The first-order valence-corrected chi connectivity index (χ1v) is 13.7. The molecule has 0 radical (unpaired) electrons. The Bertz CT molecular complexity index is 850. The van der Waals surface area contributed by atoms with E-state index < -0.39 is 48.6 Å². The van der Waals surface area contributed by atoms with E-state index in [-0.39, 0.29) is 17.4 Å². The van der Waals surface area contributed by atoms with Crippen molar-refractivity contribution >= 4 is 20.1 Å². The normalized spacial score (nSPS) is 19.7. The fraction of sp³-hybridized carbons (Fsp3) is 0.682. The van der Waals surface area contributed by atoms with Crippen molar-refractivity contribution in [1.29, 1.82) is 0 Å². The number of non-ortho nitro benzene ring substituents is 1. The lowest BCUT2D eigenvalue weighted by Gasteiger charge is -2.38. The third-order valence-electron chi connectivity index (χ3n) is 5.89. The number of carbonyl (C=O) groups excluding carboxylic acids is 1. The molecule has 0 aromatic heterocycles. The summed E-state index contributed by atoms with van der Waals surface area (Å²) >= 11 is 0. The van der Waals surface area contributed by atoms with Gasteiger partial charge in [0.1, 0.15) is 23.3 Å². The number of likely N-dealkylation sites (tertiary alicyclic amines) is 1. The van der Waals surface area contributed by atoms with Crippen LogP contribution in [0.3, 0.4) is 0 Å². The molecule has 1 aliphatic heterocycles. The van der Waals surface area contributed by atoms with E-state index in [2.05, 4.69) is 33.9 Å². The van der Waals surface area contributed by atoms with E-state index in [1.54, 1.807) is 25.7 Å². The van der Waals surface area contributed by atoms with Crippen LogP contribution >= 0.6 is 0 Å². The number of carbonyl (C=O) groups is 1. The number of benzene rings is 1. The summed E-state index contributed by atoms with van der Waals surface area (Å²) in [6.45, 7) is 16.6. The van der Waals surface area contributed by atoms with Gasteiger partial charge in [-0.3, -0.25) is 15.0 Å². The average molecular weight is 471 g/mol. The SMILES string of the molecule is CC(C)(C)OC(=O)N1CC[C@H](Oc2cc(F)cc([N+](=O)[O-])c2)[C@H]1CO[Si](C)(C)C(C)(C)C. The minimum atomic E-state index is -2.12. The monoisotopic (exact) mass is 470 g/mol. The van der Waals surface area contributed by atoms with Gasteiger partial charge in [-0.05, 0) is 38.9 Å². The largest absolute Gasteiger partial charge is 0.488 e. The molecule has 1 aromatic carbocycles. The first-order chi connectivity index (χ1) is 14.5. The second kappa shape index (κ2) is 9.34. The lowest BCUT2D eigenvalue weighted by molar-refractivity contribution is -0.385. The molecule has 0 spiro atoms. The molecule has 8 nitrogen and oxygen atoms in total. The molecule has 1 heterocycles. The number of ether oxygens (including phenoxy) is 2. The summed E-state index contributed by atoms with van der Waals surface area (Å²) in [4.78, 5) is 24.8. The van der Waals surface area contributed by atoms with Crippen molar-refractivity contribution in [3.8, 4) is 5.75 Å². The van der Waals surface area contributed by atoms with Crippen LogP contribution in [0.4, 0.5) is 14.9 Å². The van der Waals surface area contributed by atoms with Gasteiger partial charge < -0.3 is 13.9 Å². The van der Waals surface area contributed by atoms with Crippen LogP contribution in [-0.4, -0.2) is 55.1 Å². The van der Waals surface area contributed by atoms with Gasteiger partial charge in [-0.1, -0.05) is 20.8 Å². The molecule has 1 aromatic rings. The van der Waals surface area contributed by atoms with E-state index in [4.69, 9.17) is 13.9 Å².